The van der Waals surface area contributed by atoms with Crippen LogP contribution >= 0.6 is 0 Å². The van der Waals surface area contributed by atoms with Crippen LogP contribution in [0.3, 0.4) is 0 Å². The number of benzene rings is 2. The number of hydrogen-bond acceptors (Lipinski definition) is 5. The molecule has 2 N–H and O–H groups in total. The van der Waals surface area contributed by atoms with E-state index in [-0.39, 0.29) is 17.1 Å². The maximum atomic E-state index is 15.0. The molecule has 2 aromatic carbocycles. The summed E-state index contributed by atoms with van der Waals surface area (Å²) < 4.78 is 32.4. The Kier molecular flexibility index (Phi) is 4.40. The monoisotopic (exact) mass is 406 g/mol. The molecule has 0 radical (unpaired) electrons. The first kappa shape index (κ1) is 18.9. The van der Waals surface area contributed by atoms with Crippen LogP contribution in [0.25, 0.3) is 17.0 Å². The molecule has 5 rings (SSSR count). The highest BCUT2D eigenvalue weighted by Gasteiger charge is 2.39. The topological polar surface area (TPSA) is 66.6 Å². The Morgan fingerprint density at radius 1 is 1.10 bits per heavy atom. The average Bonchev–Trinajstić information content (AvgIpc) is 3.35. The van der Waals surface area contributed by atoms with Gasteiger partial charge in [0.2, 0.25) is 0 Å². The number of pyridine rings is 1. The first-order valence-corrected chi connectivity index (χ1v) is 10.0. The predicted molar refractivity (Wildman–Crippen MR) is 114 cm³/mol. The second-order valence-corrected chi connectivity index (χ2v) is 8.20. The van der Waals surface area contributed by atoms with Gasteiger partial charge in [-0.2, -0.15) is 0 Å². The SMILES string of the molecule is COc1cc2c(Oc3ccc4c(c3F)C=C(C)C4)ccnc2cc1OCC1(N)CC1. The van der Waals surface area contributed by atoms with E-state index in [0.29, 0.717) is 40.3 Å². The zero-order chi connectivity index (χ0) is 20.9. The van der Waals surface area contributed by atoms with E-state index < -0.39 is 0 Å². The second kappa shape index (κ2) is 6.99. The Morgan fingerprint density at radius 3 is 2.70 bits per heavy atom. The zero-order valence-electron chi connectivity index (χ0n) is 17.0. The third kappa shape index (κ3) is 3.37. The summed E-state index contributed by atoms with van der Waals surface area (Å²) >= 11 is 0. The van der Waals surface area contributed by atoms with Gasteiger partial charge in [0.25, 0.3) is 0 Å². The van der Waals surface area contributed by atoms with Crippen molar-refractivity contribution < 1.29 is 18.6 Å². The van der Waals surface area contributed by atoms with Crippen molar-refractivity contribution in [3.8, 4) is 23.0 Å². The minimum atomic E-state index is -0.348. The van der Waals surface area contributed by atoms with Crippen molar-refractivity contribution in [1.82, 2.24) is 4.98 Å². The smallest absolute Gasteiger partial charge is 0.173 e. The fourth-order valence-electron chi connectivity index (χ4n) is 3.73. The lowest BCUT2D eigenvalue weighted by Crippen LogP contribution is -2.29. The van der Waals surface area contributed by atoms with Gasteiger partial charge >= 0.3 is 0 Å². The van der Waals surface area contributed by atoms with E-state index in [1.54, 1.807) is 37.6 Å². The molecule has 0 aliphatic heterocycles. The van der Waals surface area contributed by atoms with Crippen LogP contribution in [0.1, 0.15) is 30.9 Å². The van der Waals surface area contributed by atoms with E-state index in [2.05, 4.69) is 4.98 Å². The molecule has 154 valence electrons. The fraction of sp³-hybridized carbons (Fsp3) is 0.292. The summed E-state index contributed by atoms with van der Waals surface area (Å²) in [7, 11) is 1.58. The maximum Gasteiger partial charge on any atom is 0.173 e. The third-order valence-corrected chi connectivity index (χ3v) is 5.71. The van der Waals surface area contributed by atoms with E-state index in [9.17, 15) is 0 Å². The predicted octanol–water partition coefficient (Wildman–Crippen LogP) is 5.00. The van der Waals surface area contributed by atoms with Crippen molar-refractivity contribution in [2.24, 2.45) is 5.73 Å². The molecule has 0 amide bonds. The van der Waals surface area contributed by atoms with Crippen LogP contribution in [0.4, 0.5) is 4.39 Å². The first-order valence-electron chi connectivity index (χ1n) is 10.0. The Morgan fingerprint density at radius 2 is 1.93 bits per heavy atom. The molecule has 1 fully saturated rings. The first-order chi connectivity index (χ1) is 14.5. The van der Waals surface area contributed by atoms with Crippen LogP contribution in [0, 0.1) is 5.82 Å². The molecule has 1 saturated carbocycles. The second-order valence-electron chi connectivity index (χ2n) is 8.20. The maximum absolute atomic E-state index is 15.0. The van der Waals surface area contributed by atoms with Gasteiger partial charge in [-0.25, -0.2) is 4.39 Å². The normalized spacial score (nSPS) is 16.2. The van der Waals surface area contributed by atoms with Crippen molar-refractivity contribution >= 4 is 17.0 Å². The largest absolute Gasteiger partial charge is 0.493 e. The fourth-order valence-corrected chi connectivity index (χ4v) is 3.73. The average molecular weight is 406 g/mol. The lowest BCUT2D eigenvalue weighted by molar-refractivity contribution is 0.264. The van der Waals surface area contributed by atoms with E-state index in [1.165, 1.54) is 0 Å². The molecule has 0 saturated heterocycles. The van der Waals surface area contributed by atoms with Gasteiger partial charge in [0, 0.05) is 23.2 Å². The number of nitrogens with zero attached hydrogens (tertiary/aromatic N) is 1. The van der Waals surface area contributed by atoms with E-state index in [1.807, 2.05) is 19.1 Å². The number of hydrogen-bond donors (Lipinski definition) is 1. The van der Waals surface area contributed by atoms with E-state index >= 15 is 4.39 Å². The molecule has 0 spiro atoms. The van der Waals surface area contributed by atoms with E-state index in [4.69, 9.17) is 19.9 Å². The third-order valence-electron chi connectivity index (χ3n) is 5.71. The van der Waals surface area contributed by atoms with Gasteiger partial charge in [-0.1, -0.05) is 17.7 Å². The summed E-state index contributed by atoms with van der Waals surface area (Å²) in [6.45, 7) is 2.43. The van der Waals surface area contributed by atoms with Gasteiger partial charge in [0.05, 0.1) is 18.2 Å². The van der Waals surface area contributed by atoms with Crippen molar-refractivity contribution in [3.05, 3.63) is 59.0 Å². The number of halogens is 1. The molecule has 0 atom stereocenters. The molecule has 3 aromatic rings. The molecule has 2 aliphatic rings. The zero-order valence-corrected chi connectivity index (χ0v) is 17.0. The molecular formula is C24H23FN2O3. The van der Waals surface area contributed by atoms with Crippen LogP contribution in [0.5, 0.6) is 23.0 Å². The number of aromatic nitrogens is 1. The summed E-state index contributed by atoms with van der Waals surface area (Å²) in [6.07, 6.45) is 6.20. The van der Waals surface area contributed by atoms with Gasteiger partial charge in [-0.05, 0) is 49.9 Å². The molecule has 2 aliphatic carbocycles. The molecule has 6 heteroatoms. The van der Waals surface area contributed by atoms with Crippen LogP contribution in [0.15, 0.2) is 42.1 Å². The summed E-state index contributed by atoms with van der Waals surface area (Å²) in [5, 5.41) is 0.710. The van der Waals surface area contributed by atoms with Gasteiger partial charge in [0.15, 0.2) is 23.1 Å². The number of methoxy groups -OCH3 is 1. The van der Waals surface area contributed by atoms with Crippen LogP contribution in [-0.4, -0.2) is 24.2 Å². The highest BCUT2D eigenvalue weighted by molar-refractivity contribution is 5.88. The molecule has 30 heavy (non-hydrogen) atoms. The Hall–Kier alpha value is -3.12. The highest BCUT2D eigenvalue weighted by Crippen LogP contribution is 2.40. The number of rotatable bonds is 6. The number of fused-ring (bicyclic) bond motifs is 2. The summed E-state index contributed by atoms with van der Waals surface area (Å²) in [5.41, 5.74) is 9.28. The minimum absolute atomic E-state index is 0.185. The molecule has 0 bridgehead atoms. The number of ether oxygens (including phenoxy) is 3. The van der Waals surface area contributed by atoms with Crippen LogP contribution in [-0.2, 0) is 6.42 Å². The van der Waals surface area contributed by atoms with Gasteiger partial charge in [0.1, 0.15) is 12.4 Å². The molecule has 1 aromatic heterocycles. The Bertz CT molecular complexity index is 1180. The standard InChI is InChI=1S/C24H23FN2O3/c1-14-9-15-3-4-20(23(25)16(15)10-14)30-19-5-8-27-18-12-22(21(28-2)11-17(18)19)29-13-24(26)6-7-24/h3-5,8,10-12H,6-7,9,13,26H2,1-2H3. The highest BCUT2D eigenvalue weighted by atomic mass is 19.1. The van der Waals surface area contributed by atoms with Crippen molar-refractivity contribution in [2.75, 3.05) is 13.7 Å². The van der Waals surface area contributed by atoms with Crippen molar-refractivity contribution in [3.63, 3.8) is 0 Å². The number of nitrogens with two attached hydrogens (primary N) is 1. The quantitative estimate of drug-likeness (QED) is 0.624. The molecule has 5 nitrogen and oxygen atoms in total. The molecule has 0 unspecified atom stereocenters. The van der Waals surface area contributed by atoms with Gasteiger partial charge < -0.3 is 19.9 Å². The van der Waals surface area contributed by atoms with Crippen LogP contribution < -0.4 is 19.9 Å². The lowest BCUT2D eigenvalue weighted by atomic mass is 10.1. The van der Waals surface area contributed by atoms with Crippen LogP contribution in [0.2, 0.25) is 0 Å². The minimum Gasteiger partial charge on any atom is -0.493 e. The van der Waals surface area contributed by atoms with Crippen molar-refractivity contribution in [2.45, 2.75) is 31.7 Å². The van der Waals surface area contributed by atoms with E-state index in [0.717, 1.165) is 30.4 Å². The molecular weight excluding hydrogens is 383 g/mol. The van der Waals surface area contributed by atoms with Gasteiger partial charge in [-0.3, -0.25) is 4.98 Å². The Balaban J connectivity index is 1.50. The van der Waals surface area contributed by atoms with Crippen molar-refractivity contribution in [1.29, 1.82) is 0 Å². The Labute approximate surface area is 174 Å². The summed E-state index contributed by atoms with van der Waals surface area (Å²) in [4.78, 5) is 4.42. The summed E-state index contributed by atoms with van der Waals surface area (Å²) in [6, 6.07) is 8.92. The molecule has 1 heterocycles. The summed E-state index contributed by atoms with van der Waals surface area (Å²) in [5.74, 6) is 1.47. The lowest BCUT2D eigenvalue weighted by Gasteiger charge is -2.16. The number of allylic oxidation sites excluding steroid dienone is 1. The van der Waals surface area contributed by atoms with Gasteiger partial charge in [-0.15, -0.1) is 0 Å².